The van der Waals surface area contributed by atoms with Gasteiger partial charge in [-0.15, -0.1) is 0 Å². The van der Waals surface area contributed by atoms with E-state index in [0.717, 1.165) is 5.56 Å². The summed E-state index contributed by atoms with van der Waals surface area (Å²) < 4.78 is 44.6. The molecule has 1 aromatic carbocycles. The number of ether oxygens (including phenoxy) is 1. The number of allylic oxidation sites excluding steroid dienone is 1. The highest BCUT2D eigenvalue weighted by molar-refractivity contribution is 5.65. The molecule has 2 rings (SSSR count). The molecule has 0 saturated carbocycles. The third-order valence-corrected chi connectivity index (χ3v) is 2.52. The van der Waals surface area contributed by atoms with Crippen molar-refractivity contribution in [3.63, 3.8) is 0 Å². The third-order valence-electron chi connectivity index (χ3n) is 2.52. The molecule has 0 radical (unpaired) electrons. The monoisotopic (exact) mass is 252 g/mol. The molecule has 18 heavy (non-hydrogen) atoms. The van der Waals surface area contributed by atoms with Crippen molar-refractivity contribution < 1.29 is 16.7 Å². The van der Waals surface area contributed by atoms with Crippen LogP contribution in [0.5, 0.6) is 5.75 Å². The molecule has 0 aliphatic heterocycles. The highest BCUT2D eigenvalue weighted by Gasteiger charge is 2.12. The Morgan fingerprint density at radius 1 is 1.56 bits per heavy atom. The molecule has 0 fully saturated rings. The highest BCUT2D eigenvalue weighted by atomic mass is 16.5. The lowest BCUT2D eigenvalue weighted by Gasteiger charge is -2.16. The minimum Gasteiger partial charge on any atom is -0.490 e. The number of benzene rings is 1. The van der Waals surface area contributed by atoms with Gasteiger partial charge in [-0.3, -0.25) is 0 Å². The van der Waals surface area contributed by atoms with E-state index in [1.165, 1.54) is 6.07 Å². The summed E-state index contributed by atoms with van der Waals surface area (Å²) in [5.41, 5.74) is 1.64. The molecular formula is C15H21NO2. The summed E-state index contributed by atoms with van der Waals surface area (Å²) >= 11 is 0. The van der Waals surface area contributed by atoms with E-state index in [2.05, 4.69) is 5.32 Å². The molecule has 1 aromatic rings. The van der Waals surface area contributed by atoms with Crippen LogP contribution in [0.25, 0.3) is 6.08 Å². The lowest BCUT2D eigenvalue weighted by Crippen LogP contribution is -2.35. The number of fused-ring (bicyclic) bond motifs is 1. The summed E-state index contributed by atoms with van der Waals surface area (Å²) in [7, 11) is 0. The quantitative estimate of drug-likeness (QED) is 0.813. The summed E-state index contributed by atoms with van der Waals surface area (Å²) in [6.07, 6.45) is 1.23. The van der Waals surface area contributed by atoms with Gasteiger partial charge in [-0.05, 0) is 18.1 Å². The summed E-state index contributed by atoms with van der Waals surface area (Å²) in [6, 6.07) is 4.72. The van der Waals surface area contributed by atoms with Crippen LogP contribution in [-0.4, -0.2) is 30.3 Å². The molecule has 0 bridgehead atoms. The first-order chi connectivity index (χ1) is 10.5. The second-order valence-corrected chi connectivity index (χ2v) is 4.41. The fourth-order valence-corrected chi connectivity index (χ4v) is 1.69. The Kier molecular flexibility index (Phi) is 2.67. The van der Waals surface area contributed by atoms with Gasteiger partial charge in [-0.25, -0.2) is 0 Å². The molecule has 0 saturated heterocycles. The molecular weight excluding hydrogens is 226 g/mol. The van der Waals surface area contributed by atoms with Gasteiger partial charge in [0.25, 0.3) is 0 Å². The van der Waals surface area contributed by atoms with Crippen molar-refractivity contribution in [1.82, 2.24) is 5.32 Å². The van der Waals surface area contributed by atoms with Crippen molar-refractivity contribution in [3.05, 3.63) is 35.4 Å². The van der Waals surface area contributed by atoms with Crippen LogP contribution in [0.3, 0.4) is 0 Å². The van der Waals surface area contributed by atoms with Crippen LogP contribution in [0.4, 0.5) is 0 Å². The largest absolute Gasteiger partial charge is 0.490 e. The number of aliphatic hydroxyl groups is 1. The molecule has 0 heterocycles. The second-order valence-electron chi connectivity index (χ2n) is 4.41. The maximum Gasteiger partial charge on any atom is 0.126 e. The number of nitrogens with one attached hydrogen (secondary N) is 1. The summed E-state index contributed by atoms with van der Waals surface area (Å²) in [5, 5.41) is 12.6. The summed E-state index contributed by atoms with van der Waals surface area (Å²) in [5.74, 6) is 0.173. The average Bonchev–Trinajstić information content (AvgIpc) is 2.85. The molecule has 98 valence electrons. The molecule has 1 aliphatic rings. The van der Waals surface area contributed by atoms with E-state index in [-0.39, 0.29) is 11.8 Å². The Hall–Kier alpha value is -1.32. The maximum atomic E-state index is 10.2. The Morgan fingerprint density at radius 3 is 3.17 bits per heavy atom. The predicted octanol–water partition coefficient (Wildman–Crippen LogP) is 1.99. The summed E-state index contributed by atoms with van der Waals surface area (Å²) in [4.78, 5) is 0. The standard InChI is InChI=1S/C15H21NO2/c1-11(2)16-9-13(17)10-18-15-8-4-6-12-5-3-7-14(12)15/h3-4,6-8,11,13,16-17H,5,9-10H2,1-2H3/i9D2,10D2,13D. The van der Waals surface area contributed by atoms with Crippen LogP contribution in [0, 0.1) is 0 Å². The molecule has 1 atom stereocenters. The summed E-state index contributed by atoms with van der Waals surface area (Å²) in [6.45, 7) is -2.40. The minimum absolute atomic E-state index is 0.173. The van der Waals surface area contributed by atoms with Gasteiger partial charge < -0.3 is 15.2 Å². The fraction of sp³-hybridized carbons (Fsp3) is 0.467. The van der Waals surface area contributed by atoms with Gasteiger partial charge in [-0.1, -0.05) is 38.1 Å². The first kappa shape index (κ1) is 7.97. The van der Waals surface area contributed by atoms with Gasteiger partial charge in [0.1, 0.15) is 18.4 Å². The van der Waals surface area contributed by atoms with Crippen molar-refractivity contribution in [2.24, 2.45) is 0 Å². The lowest BCUT2D eigenvalue weighted by molar-refractivity contribution is 0.104. The van der Waals surface area contributed by atoms with Crippen LogP contribution >= 0.6 is 0 Å². The first-order valence-corrected chi connectivity index (χ1v) is 5.95. The smallest absolute Gasteiger partial charge is 0.126 e. The normalized spacial score (nSPS) is 22.3. The molecule has 0 aromatic heterocycles. The fourth-order valence-electron chi connectivity index (χ4n) is 1.69. The second kappa shape index (κ2) is 6.03. The predicted molar refractivity (Wildman–Crippen MR) is 73.8 cm³/mol. The highest BCUT2D eigenvalue weighted by Crippen LogP contribution is 2.28. The van der Waals surface area contributed by atoms with Gasteiger partial charge in [-0.2, -0.15) is 0 Å². The van der Waals surface area contributed by atoms with Gasteiger partial charge in [0.2, 0.25) is 0 Å². The van der Waals surface area contributed by atoms with Gasteiger partial charge >= 0.3 is 0 Å². The number of hydrogen-bond donors (Lipinski definition) is 2. The van der Waals surface area contributed by atoms with E-state index in [9.17, 15) is 5.11 Å². The van der Waals surface area contributed by atoms with Gasteiger partial charge in [0.15, 0.2) is 0 Å². The van der Waals surface area contributed by atoms with Crippen LogP contribution in [-0.2, 0) is 6.42 Å². The molecule has 3 nitrogen and oxygen atoms in total. The van der Waals surface area contributed by atoms with Crippen molar-refractivity contribution in [2.75, 3.05) is 13.1 Å². The SMILES string of the molecule is [2H]C([2H])(NC(C)C)C([2H])(O)C([2H])([2H])Oc1cccc2c1C=CC2. The molecule has 2 N–H and O–H groups in total. The number of hydrogen-bond acceptors (Lipinski definition) is 3. The Morgan fingerprint density at radius 2 is 2.39 bits per heavy atom. The Balaban J connectivity index is 2.31. The number of rotatable bonds is 6. The van der Waals surface area contributed by atoms with Crippen molar-refractivity contribution in [3.8, 4) is 5.75 Å². The maximum absolute atomic E-state index is 10.2. The topological polar surface area (TPSA) is 41.5 Å². The molecule has 0 spiro atoms. The zero-order chi connectivity index (χ0) is 17.5. The van der Waals surface area contributed by atoms with Crippen molar-refractivity contribution in [2.45, 2.75) is 32.4 Å². The van der Waals surface area contributed by atoms with Crippen LogP contribution in [0.1, 0.15) is 31.8 Å². The zero-order valence-corrected chi connectivity index (χ0v) is 10.5. The van der Waals surface area contributed by atoms with E-state index in [0.29, 0.717) is 12.0 Å². The van der Waals surface area contributed by atoms with E-state index < -0.39 is 19.1 Å². The van der Waals surface area contributed by atoms with E-state index in [4.69, 9.17) is 11.6 Å². The van der Waals surface area contributed by atoms with Crippen LogP contribution in [0.2, 0.25) is 0 Å². The molecule has 1 unspecified atom stereocenters. The molecule has 1 aliphatic carbocycles. The zero-order valence-electron chi connectivity index (χ0n) is 15.5. The average molecular weight is 252 g/mol. The van der Waals surface area contributed by atoms with Gasteiger partial charge in [0.05, 0.1) is 4.11 Å². The van der Waals surface area contributed by atoms with Gasteiger partial charge in [0, 0.05) is 20.8 Å². The van der Waals surface area contributed by atoms with Crippen molar-refractivity contribution in [1.29, 1.82) is 0 Å². The minimum atomic E-state index is -3.16. The lowest BCUT2D eigenvalue weighted by atomic mass is 10.1. The van der Waals surface area contributed by atoms with E-state index in [1.54, 1.807) is 26.0 Å². The van der Waals surface area contributed by atoms with E-state index >= 15 is 0 Å². The van der Waals surface area contributed by atoms with Crippen LogP contribution < -0.4 is 10.1 Å². The third kappa shape index (κ3) is 3.34. The van der Waals surface area contributed by atoms with Crippen molar-refractivity contribution >= 4 is 6.08 Å². The Bertz CT molecular complexity index is 614. The van der Waals surface area contributed by atoms with E-state index in [1.807, 2.05) is 12.1 Å². The Labute approximate surface area is 116 Å². The molecule has 3 heteroatoms. The molecule has 0 amide bonds. The van der Waals surface area contributed by atoms with Crippen LogP contribution in [0.15, 0.2) is 24.3 Å². The first-order valence-electron chi connectivity index (χ1n) is 8.45.